The number of ether oxygens (including phenoxy) is 1. The molecule has 0 aliphatic carbocycles. The lowest BCUT2D eigenvalue weighted by molar-refractivity contribution is 0.261. The normalized spacial score (nSPS) is 12.5. The number of hydrogen-bond acceptors (Lipinski definition) is 3. The average Bonchev–Trinajstić information content (AvgIpc) is 2.29. The Labute approximate surface area is 105 Å². The quantitative estimate of drug-likeness (QED) is 0.788. The molecule has 0 amide bonds. The van der Waals surface area contributed by atoms with Crippen molar-refractivity contribution in [2.75, 3.05) is 32.6 Å². The maximum absolute atomic E-state index is 5.69. The Morgan fingerprint density at radius 1 is 1.35 bits per heavy atom. The van der Waals surface area contributed by atoms with Crippen molar-refractivity contribution in [1.82, 2.24) is 4.90 Å². The largest absolute Gasteiger partial charge is 0.492 e. The fraction of sp³-hybridized carbons (Fsp3) is 0.571. The minimum absolute atomic E-state index is 0.493. The van der Waals surface area contributed by atoms with Gasteiger partial charge >= 0.3 is 0 Å². The topological polar surface area (TPSA) is 24.5 Å². The van der Waals surface area contributed by atoms with Gasteiger partial charge in [0.05, 0.1) is 0 Å². The van der Waals surface area contributed by atoms with Gasteiger partial charge in [0, 0.05) is 24.3 Å². The highest BCUT2D eigenvalue weighted by Crippen LogP contribution is 2.18. The molecule has 1 aromatic rings. The number of anilines is 1. The van der Waals surface area contributed by atoms with E-state index in [1.54, 1.807) is 0 Å². The minimum atomic E-state index is 0.493. The third-order valence-electron chi connectivity index (χ3n) is 2.67. The average molecular weight is 236 g/mol. The van der Waals surface area contributed by atoms with Gasteiger partial charge in [-0.2, -0.15) is 0 Å². The van der Waals surface area contributed by atoms with E-state index in [4.69, 9.17) is 4.74 Å². The number of rotatable bonds is 7. The smallest absolute Gasteiger partial charge is 0.121 e. The summed E-state index contributed by atoms with van der Waals surface area (Å²) >= 11 is 0. The lowest BCUT2D eigenvalue weighted by Crippen LogP contribution is -2.19. The van der Waals surface area contributed by atoms with Crippen LogP contribution in [0.25, 0.3) is 0 Å². The lowest BCUT2D eigenvalue weighted by Gasteiger charge is -2.15. The van der Waals surface area contributed by atoms with Crippen molar-refractivity contribution in [1.29, 1.82) is 0 Å². The molecule has 0 aliphatic heterocycles. The Morgan fingerprint density at radius 2 is 2.12 bits per heavy atom. The van der Waals surface area contributed by atoms with Crippen LogP contribution in [-0.4, -0.2) is 38.2 Å². The molecule has 1 aromatic carbocycles. The van der Waals surface area contributed by atoms with E-state index < -0.39 is 0 Å². The van der Waals surface area contributed by atoms with E-state index in [1.165, 1.54) is 0 Å². The van der Waals surface area contributed by atoms with Gasteiger partial charge in [0.2, 0.25) is 0 Å². The second-order valence-corrected chi connectivity index (χ2v) is 4.63. The van der Waals surface area contributed by atoms with Crippen LogP contribution in [0, 0.1) is 0 Å². The van der Waals surface area contributed by atoms with E-state index in [0.717, 1.165) is 31.0 Å². The molecule has 96 valence electrons. The number of nitrogens with zero attached hydrogens (tertiary/aromatic N) is 1. The predicted octanol–water partition coefficient (Wildman–Crippen LogP) is 2.84. The van der Waals surface area contributed by atoms with Crippen LogP contribution >= 0.6 is 0 Å². The van der Waals surface area contributed by atoms with Crippen molar-refractivity contribution in [3.63, 3.8) is 0 Å². The highest BCUT2D eigenvalue weighted by molar-refractivity contribution is 5.48. The first-order valence-electron chi connectivity index (χ1n) is 6.26. The van der Waals surface area contributed by atoms with E-state index >= 15 is 0 Å². The minimum Gasteiger partial charge on any atom is -0.492 e. The Morgan fingerprint density at radius 3 is 2.76 bits per heavy atom. The number of benzene rings is 1. The van der Waals surface area contributed by atoms with Crippen LogP contribution in [0.3, 0.4) is 0 Å². The summed E-state index contributed by atoms with van der Waals surface area (Å²) in [7, 11) is 4.09. The van der Waals surface area contributed by atoms with Crippen molar-refractivity contribution >= 4 is 5.69 Å². The molecule has 3 heteroatoms. The van der Waals surface area contributed by atoms with Crippen LogP contribution < -0.4 is 10.1 Å². The van der Waals surface area contributed by atoms with Gasteiger partial charge in [-0.1, -0.05) is 13.0 Å². The molecule has 0 spiro atoms. The molecule has 0 heterocycles. The predicted molar refractivity (Wildman–Crippen MR) is 73.9 cm³/mol. The second kappa shape index (κ2) is 7.17. The number of hydrogen-bond donors (Lipinski definition) is 1. The monoisotopic (exact) mass is 236 g/mol. The fourth-order valence-electron chi connectivity index (χ4n) is 1.41. The van der Waals surface area contributed by atoms with Crippen molar-refractivity contribution < 1.29 is 4.74 Å². The summed E-state index contributed by atoms with van der Waals surface area (Å²) in [6.45, 7) is 6.01. The van der Waals surface area contributed by atoms with Gasteiger partial charge in [0.1, 0.15) is 12.4 Å². The first kappa shape index (κ1) is 13.8. The van der Waals surface area contributed by atoms with Crippen LogP contribution in [-0.2, 0) is 0 Å². The highest BCUT2D eigenvalue weighted by atomic mass is 16.5. The summed E-state index contributed by atoms with van der Waals surface area (Å²) < 4.78 is 5.69. The molecule has 0 aromatic heterocycles. The molecule has 0 saturated carbocycles. The molecule has 0 radical (unpaired) electrons. The first-order chi connectivity index (χ1) is 8.11. The Kier molecular flexibility index (Phi) is 5.84. The van der Waals surface area contributed by atoms with Crippen molar-refractivity contribution in [2.24, 2.45) is 0 Å². The molecule has 1 rings (SSSR count). The fourth-order valence-corrected chi connectivity index (χ4v) is 1.41. The van der Waals surface area contributed by atoms with E-state index in [-0.39, 0.29) is 0 Å². The summed E-state index contributed by atoms with van der Waals surface area (Å²) in [4.78, 5) is 2.11. The molecular weight excluding hydrogens is 212 g/mol. The number of likely N-dealkylation sites (N-methyl/N-ethyl adjacent to an activating group) is 1. The van der Waals surface area contributed by atoms with Crippen LogP contribution in [0.1, 0.15) is 20.3 Å². The molecule has 0 aliphatic rings. The molecule has 1 unspecified atom stereocenters. The maximum atomic E-state index is 5.69. The van der Waals surface area contributed by atoms with Gasteiger partial charge in [0.15, 0.2) is 0 Å². The molecule has 0 saturated heterocycles. The van der Waals surface area contributed by atoms with E-state index in [1.807, 2.05) is 26.2 Å². The Balaban J connectivity index is 2.48. The zero-order chi connectivity index (χ0) is 12.7. The van der Waals surface area contributed by atoms with E-state index in [9.17, 15) is 0 Å². The molecule has 0 bridgehead atoms. The molecule has 1 atom stereocenters. The third kappa shape index (κ3) is 5.59. The van der Waals surface area contributed by atoms with Gasteiger partial charge in [0.25, 0.3) is 0 Å². The summed E-state index contributed by atoms with van der Waals surface area (Å²) in [6, 6.07) is 8.65. The van der Waals surface area contributed by atoms with Crippen molar-refractivity contribution in [3.05, 3.63) is 24.3 Å². The summed E-state index contributed by atoms with van der Waals surface area (Å²) in [5.41, 5.74) is 1.13. The Hall–Kier alpha value is -1.22. The van der Waals surface area contributed by atoms with Gasteiger partial charge in [-0.15, -0.1) is 0 Å². The van der Waals surface area contributed by atoms with E-state index in [0.29, 0.717) is 6.04 Å². The van der Waals surface area contributed by atoms with Crippen molar-refractivity contribution in [2.45, 2.75) is 26.3 Å². The van der Waals surface area contributed by atoms with Crippen LogP contribution in [0.5, 0.6) is 5.75 Å². The Bertz CT molecular complexity index is 326. The standard InChI is InChI=1S/C14H24N2O/c1-5-12(2)15-13-7-6-8-14(11-13)17-10-9-16(3)4/h6-8,11-12,15H,5,9-10H2,1-4H3. The second-order valence-electron chi connectivity index (χ2n) is 4.63. The maximum Gasteiger partial charge on any atom is 0.121 e. The van der Waals surface area contributed by atoms with Gasteiger partial charge in [-0.25, -0.2) is 0 Å². The van der Waals surface area contributed by atoms with Crippen molar-refractivity contribution in [3.8, 4) is 5.75 Å². The van der Waals surface area contributed by atoms with Gasteiger partial charge in [-0.05, 0) is 39.6 Å². The molecule has 3 nitrogen and oxygen atoms in total. The van der Waals surface area contributed by atoms with Gasteiger partial charge in [-0.3, -0.25) is 0 Å². The molecular formula is C14H24N2O. The first-order valence-corrected chi connectivity index (χ1v) is 6.26. The zero-order valence-electron chi connectivity index (χ0n) is 11.4. The third-order valence-corrected chi connectivity index (χ3v) is 2.67. The van der Waals surface area contributed by atoms with Crippen LogP contribution in [0.4, 0.5) is 5.69 Å². The van der Waals surface area contributed by atoms with Crippen LogP contribution in [0.15, 0.2) is 24.3 Å². The summed E-state index contributed by atoms with van der Waals surface area (Å²) in [5, 5.41) is 3.44. The highest BCUT2D eigenvalue weighted by Gasteiger charge is 2.00. The van der Waals surface area contributed by atoms with Crippen LogP contribution in [0.2, 0.25) is 0 Å². The molecule has 0 fully saturated rings. The number of nitrogens with one attached hydrogen (secondary N) is 1. The summed E-state index contributed by atoms with van der Waals surface area (Å²) in [5.74, 6) is 0.931. The lowest BCUT2D eigenvalue weighted by atomic mass is 10.2. The van der Waals surface area contributed by atoms with Gasteiger partial charge < -0.3 is 15.0 Å². The SMILES string of the molecule is CCC(C)Nc1cccc(OCCN(C)C)c1. The summed E-state index contributed by atoms with van der Waals surface area (Å²) in [6.07, 6.45) is 1.12. The van der Waals surface area contributed by atoms with E-state index in [2.05, 4.69) is 36.2 Å². The molecule has 1 N–H and O–H groups in total. The molecule has 17 heavy (non-hydrogen) atoms. The zero-order valence-corrected chi connectivity index (χ0v) is 11.4.